The topological polar surface area (TPSA) is 90.4 Å². The minimum atomic E-state index is -0.445. The number of hydrogen-bond donors (Lipinski definition) is 3. The van der Waals surface area contributed by atoms with Gasteiger partial charge in [-0.1, -0.05) is 0 Å². The monoisotopic (exact) mass is 249 g/mol. The van der Waals surface area contributed by atoms with Crippen molar-refractivity contribution in [3.63, 3.8) is 0 Å². The van der Waals surface area contributed by atoms with Crippen LogP contribution in [0.1, 0.15) is 23.2 Å². The van der Waals surface area contributed by atoms with Crippen LogP contribution >= 0.6 is 0 Å². The molecule has 0 aliphatic carbocycles. The fourth-order valence-corrected chi connectivity index (χ4v) is 2.09. The predicted octanol–water partition coefficient (Wildman–Crippen LogP) is 1.21. The van der Waals surface area contributed by atoms with Gasteiger partial charge in [-0.25, -0.2) is 0 Å². The Kier molecular flexibility index (Phi) is 4.04. The number of carbonyl (C=O) groups excluding carboxylic acids is 1. The van der Waals surface area contributed by atoms with E-state index in [1.165, 1.54) is 0 Å². The molecule has 0 saturated carbocycles. The van der Waals surface area contributed by atoms with E-state index in [4.69, 9.17) is 16.2 Å². The number of primary amides is 1. The van der Waals surface area contributed by atoms with Gasteiger partial charge in [-0.05, 0) is 37.0 Å². The van der Waals surface area contributed by atoms with Crippen LogP contribution in [0.5, 0.6) is 0 Å². The van der Waals surface area contributed by atoms with Crippen LogP contribution in [0.4, 0.5) is 11.4 Å². The molecule has 5 heteroatoms. The van der Waals surface area contributed by atoms with Gasteiger partial charge < -0.3 is 21.5 Å². The lowest BCUT2D eigenvalue weighted by Crippen LogP contribution is -2.24. The van der Waals surface area contributed by atoms with Gasteiger partial charge in [0.1, 0.15) is 0 Å². The number of nitrogens with two attached hydrogens (primary N) is 2. The van der Waals surface area contributed by atoms with Crippen LogP contribution in [0, 0.1) is 5.92 Å². The molecule has 1 aromatic carbocycles. The van der Waals surface area contributed by atoms with Crippen LogP contribution in [0.2, 0.25) is 0 Å². The zero-order chi connectivity index (χ0) is 13.0. The molecule has 0 spiro atoms. The van der Waals surface area contributed by atoms with Crippen molar-refractivity contribution in [3.05, 3.63) is 23.8 Å². The SMILES string of the molecule is NC(=O)c1ccc(N)c(NCC2CCCOC2)c1. The van der Waals surface area contributed by atoms with Crippen LogP contribution in [-0.2, 0) is 4.74 Å². The van der Waals surface area contributed by atoms with E-state index in [9.17, 15) is 4.79 Å². The summed E-state index contributed by atoms with van der Waals surface area (Å²) >= 11 is 0. The molecular weight excluding hydrogens is 230 g/mol. The van der Waals surface area contributed by atoms with Crippen LogP contribution < -0.4 is 16.8 Å². The van der Waals surface area contributed by atoms with Crippen LogP contribution in [0.25, 0.3) is 0 Å². The Bertz CT molecular complexity index is 428. The van der Waals surface area contributed by atoms with E-state index in [0.29, 0.717) is 17.2 Å². The summed E-state index contributed by atoms with van der Waals surface area (Å²) < 4.78 is 5.42. The van der Waals surface area contributed by atoms with E-state index in [1.54, 1.807) is 18.2 Å². The Morgan fingerprint density at radius 1 is 1.50 bits per heavy atom. The third-order valence-electron chi connectivity index (χ3n) is 3.17. The fraction of sp³-hybridized carbons (Fsp3) is 0.462. The first-order valence-electron chi connectivity index (χ1n) is 6.18. The number of carbonyl (C=O) groups is 1. The summed E-state index contributed by atoms with van der Waals surface area (Å²) in [5.74, 6) is 0.0504. The molecule has 1 fully saturated rings. The Labute approximate surface area is 106 Å². The van der Waals surface area contributed by atoms with Crippen molar-refractivity contribution >= 4 is 17.3 Å². The van der Waals surface area contributed by atoms with Crippen LogP contribution in [-0.4, -0.2) is 25.7 Å². The molecule has 5 nitrogen and oxygen atoms in total. The summed E-state index contributed by atoms with van der Waals surface area (Å²) in [6, 6.07) is 5.02. The van der Waals surface area contributed by atoms with E-state index < -0.39 is 5.91 Å². The third kappa shape index (κ3) is 3.13. The maximum atomic E-state index is 11.1. The molecule has 0 bridgehead atoms. The summed E-state index contributed by atoms with van der Waals surface area (Å²) in [4.78, 5) is 11.1. The molecule has 1 aromatic rings. The largest absolute Gasteiger partial charge is 0.397 e. The molecule has 2 rings (SSSR count). The average molecular weight is 249 g/mol. The van der Waals surface area contributed by atoms with E-state index >= 15 is 0 Å². The van der Waals surface area contributed by atoms with E-state index in [2.05, 4.69) is 5.32 Å². The standard InChI is InChI=1S/C13H19N3O2/c14-11-4-3-10(13(15)17)6-12(11)16-7-9-2-1-5-18-8-9/h3-4,6,9,16H,1-2,5,7-8,14H2,(H2,15,17). The maximum absolute atomic E-state index is 11.1. The van der Waals surface area contributed by atoms with E-state index in [-0.39, 0.29) is 0 Å². The molecule has 1 heterocycles. The zero-order valence-corrected chi connectivity index (χ0v) is 10.3. The van der Waals surface area contributed by atoms with Crippen LogP contribution in [0.3, 0.4) is 0 Å². The molecule has 1 amide bonds. The smallest absolute Gasteiger partial charge is 0.248 e. The van der Waals surface area contributed by atoms with Crippen LogP contribution in [0.15, 0.2) is 18.2 Å². The number of nitrogen functional groups attached to an aromatic ring is 1. The molecule has 1 aliphatic rings. The van der Waals surface area contributed by atoms with Crippen molar-refractivity contribution in [2.24, 2.45) is 11.7 Å². The molecule has 18 heavy (non-hydrogen) atoms. The van der Waals surface area contributed by atoms with Crippen molar-refractivity contribution in [3.8, 4) is 0 Å². The lowest BCUT2D eigenvalue weighted by atomic mass is 10.0. The van der Waals surface area contributed by atoms with Gasteiger partial charge in [-0.2, -0.15) is 0 Å². The van der Waals surface area contributed by atoms with Gasteiger partial charge in [-0.3, -0.25) is 4.79 Å². The summed E-state index contributed by atoms with van der Waals surface area (Å²) in [7, 11) is 0. The van der Waals surface area contributed by atoms with E-state index in [0.717, 1.165) is 38.3 Å². The van der Waals surface area contributed by atoms with Crippen molar-refractivity contribution in [1.82, 2.24) is 0 Å². The number of nitrogens with one attached hydrogen (secondary N) is 1. The minimum Gasteiger partial charge on any atom is -0.397 e. The van der Waals surface area contributed by atoms with Gasteiger partial charge in [0.05, 0.1) is 18.0 Å². The normalized spacial score (nSPS) is 19.4. The van der Waals surface area contributed by atoms with Gasteiger partial charge >= 0.3 is 0 Å². The first-order chi connectivity index (χ1) is 8.66. The highest BCUT2D eigenvalue weighted by molar-refractivity contribution is 5.94. The Morgan fingerprint density at radius 2 is 2.33 bits per heavy atom. The van der Waals surface area contributed by atoms with E-state index in [1.807, 2.05) is 0 Å². The van der Waals surface area contributed by atoms with Gasteiger partial charge in [-0.15, -0.1) is 0 Å². The minimum absolute atomic E-state index is 0.445. The summed E-state index contributed by atoms with van der Waals surface area (Å²) in [6.07, 6.45) is 2.26. The van der Waals surface area contributed by atoms with Gasteiger partial charge in [0.25, 0.3) is 0 Å². The molecule has 5 N–H and O–H groups in total. The molecular formula is C13H19N3O2. The number of rotatable bonds is 4. The van der Waals surface area contributed by atoms with Gasteiger partial charge in [0.15, 0.2) is 0 Å². The number of ether oxygens (including phenoxy) is 1. The molecule has 1 aliphatic heterocycles. The summed E-state index contributed by atoms with van der Waals surface area (Å²) in [5.41, 5.74) is 13.0. The number of anilines is 2. The van der Waals surface area contributed by atoms with Crippen molar-refractivity contribution in [2.45, 2.75) is 12.8 Å². The summed E-state index contributed by atoms with van der Waals surface area (Å²) in [5, 5.41) is 3.27. The van der Waals surface area contributed by atoms with Crippen molar-refractivity contribution in [2.75, 3.05) is 30.8 Å². The molecule has 0 radical (unpaired) electrons. The zero-order valence-electron chi connectivity index (χ0n) is 10.3. The first kappa shape index (κ1) is 12.7. The van der Waals surface area contributed by atoms with Gasteiger partial charge in [0, 0.05) is 18.7 Å². The second kappa shape index (κ2) is 5.73. The van der Waals surface area contributed by atoms with Crippen molar-refractivity contribution < 1.29 is 9.53 Å². The summed E-state index contributed by atoms with van der Waals surface area (Å²) in [6.45, 7) is 2.44. The Morgan fingerprint density at radius 3 is 3.00 bits per heavy atom. The second-order valence-corrected chi connectivity index (χ2v) is 4.63. The first-order valence-corrected chi connectivity index (χ1v) is 6.18. The highest BCUT2D eigenvalue weighted by Gasteiger charge is 2.14. The number of benzene rings is 1. The molecule has 1 unspecified atom stereocenters. The highest BCUT2D eigenvalue weighted by atomic mass is 16.5. The Balaban J connectivity index is 1.99. The van der Waals surface area contributed by atoms with Gasteiger partial charge in [0.2, 0.25) is 5.91 Å². The third-order valence-corrected chi connectivity index (χ3v) is 3.17. The van der Waals surface area contributed by atoms with Crippen molar-refractivity contribution in [1.29, 1.82) is 0 Å². The molecule has 0 aromatic heterocycles. The molecule has 1 atom stereocenters. The quantitative estimate of drug-likeness (QED) is 0.699. The molecule has 1 saturated heterocycles. The number of amides is 1. The highest BCUT2D eigenvalue weighted by Crippen LogP contribution is 2.21. The predicted molar refractivity (Wildman–Crippen MR) is 71.4 cm³/mol. The maximum Gasteiger partial charge on any atom is 0.248 e. The molecule has 98 valence electrons. The lowest BCUT2D eigenvalue weighted by Gasteiger charge is -2.23. The second-order valence-electron chi connectivity index (χ2n) is 4.63. The Hall–Kier alpha value is -1.75. The lowest BCUT2D eigenvalue weighted by molar-refractivity contribution is 0.0595. The fourth-order valence-electron chi connectivity index (χ4n) is 2.09. The number of hydrogen-bond acceptors (Lipinski definition) is 4. The average Bonchev–Trinajstić information content (AvgIpc) is 2.38.